The molecule has 0 unspecified atom stereocenters. The lowest BCUT2D eigenvalue weighted by atomic mass is 10.0. The predicted octanol–water partition coefficient (Wildman–Crippen LogP) is 2.04. The Bertz CT molecular complexity index is 398. The van der Waals surface area contributed by atoms with E-state index >= 15 is 0 Å². The van der Waals surface area contributed by atoms with Crippen molar-refractivity contribution in [1.82, 2.24) is 10.3 Å². The minimum absolute atomic E-state index is 0.381. The fraction of sp³-hybridized carbons (Fsp3) is 0.545. The molecule has 1 aromatic rings. The Labute approximate surface area is 105 Å². The summed E-state index contributed by atoms with van der Waals surface area (Å²) >= 11 is 11.8. The SMILES string of the molecule is Clc1cc(N2C[C@H]3CNC[C@H]3C2)cnc1Cl. The van der Waals surface area contributed by atoms with E-state index in [-0.39, 0.29) is 0 Å². The van der Waals surface area contributed by atoms with E-state index in [0.717, 1.165) is 43.7 Å². The first kappa shape index (κ1) is 10.6. The third-order valence-corrected chi connectivity index (χ3v) is 4.22. The topological polar surface area (TPSA) is 28.2 Å². The zero-order valence-corrected chi connectivity index (χ0v) is 10.3. The Morgan fingerprint density at radius 2 is 1.94 bits per heavy atom. The molecule has 0 radical (unpaired) electrons. The van der Waals surface area contributed by atoms with Crippen molar-refractivity contribution in [3.63, 3.8) is 0 Å². The van der Waals surface area contributed by atoms with Gasteiger partial charge in [0.25, 0.3) is 0 Å². The van der Waals surface area contributed by atoms with E-state index in [2.05, 4.69) is 15.2 Å². The summed E-state index contributed by atoms with van der Waals surface area (Å²) in [6, 6.07) is 1.91. The molecule has 2 fully saturated rings. The van der Waals surface area contributed by atoms with Gasteiger partial charge in [-0.15, -0.1) is 0 Å². The molecule has 2 saturated heterocycles. The Morgan fingerprint density at radius 3 is 2.56 bits per heavy atom. The van der Waals surface area contributed by atoms with Crippen LogP contribution in [-0.4, -0.2) is 31.2 Å². The molecule has 0 aliphatic carbocycles. The van der Waals surface area contributed by atoms with Crippen molar-refractivity contribution < 1.29 is 0 Å². The van der Waals surface area contributed by atoms with Crippen LogP contribution in [0.2, 0.25) is 10.2 Å². The molecule has 0 spiro atoms. The van der Waals surface area contributed by atoms with Gasteiger partial charge in [-0.1, -0.05) is 23.2 Å². The van der Waals surface area contributed by atoms with Crippen LogP contribution < -0.4 is 10.2 Å². The van der Waals surface area contributed by atoms with E-state index in [1.165, 1.54) is 0 Å². The first-order valence-corrected chi connectivity index (χ1v) is 6.26. The quantitative estimate of drug-likeness (QED) is 0.781. The number of nitrogens with one attached hydrogen (secondary N) is 1. The highest BCUT2D eigenvalue weighted by atomic mass is 35.5. The van der Waals surface area contributed by atoms with E-state index in [9.17, 15) is 0 Å². The summed E-state index contributed by atoms with van der Waals surface area (Å²) in [7, 11) is 0. The molecule has 1 aromatic heterocycles. The smallest absolute Gasteiger partial charge is 0.147 e. The summed E-state index contributed by atoms with van der Waals surface area (Å²) in [4.78, 5) is 6.45. The van der Waals surface area contributed by atoms with E-state index in [1.807, 2.05) is 12.3 Å². The number of anilines is 1. The maximum atomic E-state index is 5.98. The Morgan fingerprint density at radius 1 is 1.25 bits per heavy atom. The van der Waals surface area contributed by atoms with Crippen molar-refractivity contribution in [2.45, 2.75) is 0 Å². The van der Waals surface area contributed by atoms with E-state index in [4.69, 9.17) is 23.2 Å². The van der Waals surface area contributed by atoms with Gasteiger partial charge in [-0.05, 0) is 17.9 Å². The maximum Gasteiger partial charge on any atom is 0.147 e. The lowest BCUT2D eigenvalue weighted by molar-refractivity contribution is 0.533. The molecule has 5 heteroatoms. The Balaban J connectivity index is 1.81. The molecule has 0 aromatic carbocycles. The summed E-state index contributed by atoms with van der Waals surface area (Å²) in [5.74, 6) is 1.55. The second-order valence-corrected chi connectivity index (χ2v) is 5.31. The summed E-state index contributed by atoms with van der Waals surface area (Å²) < 4.78 is 0. The van der Waals surface area contributed by atoms with Crippen LogP contribution in [0.3, 0.4) is 0 Å². The zero-order valence-electron chi connectivity index (χ0n) is 8.79. The fourth-order valence-electron chi connectivity index (χ4n) is 2.65. The van der Waals surface area contributed by atoms with Gasteiger partial charge in [0.05, 0.1) is 16.9 Å². The number of nitrogens with zero attached hydrogens (tertiary/aromatic N) is 2. The zero-order chi connectivity index (χ0) is 11.1. The van der Waals surface area contributed by atoms with Gasteiger partial charge in [0.2, 0.25) is 0 Å². The number of hydrogen-bond donors (Lipinski definition) is 1. The van der Waals surface area contributed by atoms with Gasteiger partial charge in [-0.25, -0.2) is 4.98 Å². The van der Waals surface area contributed by atoms with Gasteiger partial charge in [0.1, 0.15) is 5.15 Å². The molecule has 0 amide bonds. The summed E-state index contributed by atoms with van der Waals surface area (Å²) in [6.07, 6.45) is 1.81. The van der Waals surface area contributed by atoms with Gasteiger partial charge in [0.15, 0.2) is 0 Å². The number of aromatic nitrogens is 1. The molecule has 3 heterocycles. The maximum absolute atomic E-state index is 5.98. The van der Waals surface area contributed by atoms with Crippen LogP contribution >= 0.6 is 23.2 Å². The van der Waals surface area contributed by atoms with Crippen LogP contribution in [0.1, 0.15) is 0 Å². The number of pyridine rings is 1. The monoisotopic (exact) mass is 257 g/mol. The lowest BCUT2D eigenvalue weighted by Gasteiger charge is -2.19. The number of hydrogen-bond acceptors (Lipinski definition) is 3. The van der Waals surface area contributed by atoms with Crippen molar-refractivity contribution in [3.05, 3.63) is 22.4 Å². The van der Waals surface area contributed by atoms with Crippen molar-refractivity contribution >= 4 is 28.9 Å². The molecule has 86 valence electrons. The van der Waals surface area contributed by atoms with Crippen molar-refractivity contribution in [1.29, 1.82) is 0 Å². The van der Waals surface area contributed by atoms with Crippen LogP contribution in [-0.2, 0) is 0 Å². The van der Waals surface area contributed by atoms with Crippen LogP contribution in [0.25, 0.3) is 0 Å². The minimum atomic E-state index is 0.381. The molecule has 0 bridgehead atoms. The average molecular weight is 258 g/mol. The fourth-order valence-corrected chi connectivity index (χ4v) is 2.91. The van der Waals surface area contributed by atoms with Crippen molar-refractivity contribution in [2.24, 2.45) is 11.8 Å². The first-order valence-electron chi connectivity index (χ1n) is 5.51. The molecule has 2 aliphatic rings. The largest absolute Gasteiger partial charge is 0.370 e. The third kappa shape index (κ3) is 1.77. The van der Waals surface area contributed by atoms with Gasteiger partial charge < -0.3 is 10.2 Å². The molecule has 3 nitrogen and oxygen atoms in total. The summed E-state index contributed by atoms with van der Waals surface area (Å²) in [5, 5.41) is 4.34. The molecule has 2 atom stereocenters. The molecular formula is C11H13Cl2N3. The lowest BCUT2D eigenvalue weighted by Crippen LogP contribution is -2.25. The highest BCUT2D eigenvalue weighted by molar-refractivity contribution is 6.41. The third-order valence-electron chi connectivity index (χ3n) is 3.54. The normalized spacial score (nSPS) is 28.5. The summed E-state index contributed by atoms with van der Waals surface area (Å²) in [6.45, 7) is 4.46. The predicted molar refractivity (Wildman–Crippen MR) is 66.3 cm³/mol. The van der Waals surface area contributed by atoms with Crippen LogP contribution in [0.15, 0.2) is 12.3 Å². The average Bonchev–Trinajstić information content (AvgIpc) is 2.81. The van der Waals surface area contributed by atoms with Gasteiger partial charge >= 0.3 is 0 Å². The van der Waals surface area contributed by atoms with Gasteiger partial charge in [0, 0.05) is 26.2 Å². The van der Waals surface area contributed by atoms with Crippen LogP contribution in [0, 0.1) is 11.8 Å². The molecule has 16 heavy (non-hydrogen) atoms. The second-order valence-electron chi connectivity index (χ2n) is 4.55. The van der Waals surface area contributed by atoms with E-state index < -0.39 is 0 Å². The highest BCUT2D eigenvalue weighted by Gasteiger charge is 2.36. The van der Waals surface area contributed by atoms with Crippen LogP contribution in [0.5, 0.6) is 0 Å². The van der Waals surface area contributed by atoms with E-state index in [1.54, 1.807) is 0 Å². The summed E-state index contributed by atoms with van der Waals surface area (Å²) in [5.41, 5.74) is 1.09. The van der Waals surface area contributed by atoms with Crippen LogP contribution in [0.4, 0.5) is 5.69 Å². The van der Waals surface area contributed by atoms with Gasteiger partial charge in [-0.2, -0.15) is 0 Å². The van der Waals surface area contributed by atoms with Crippen molar-refractivity contribution in [3.8, 4) is 0 Å². The molecule has 3 rings (SSSR count). The number of halogens is 2. The minimum Gasteiger partial charge on any atom is -0.370 e. The number of rotatable bonds is 1. The molecule has 0 saturated carbocycles. The number of fused-ring (bicyclic) bond motifs is 1. The Kier molecular flexibility index (Phi) is 2.70. The first-order chi connectivity index (χ1) is 7.74. The molecular weight excluding hydrogens is 245 g/mol. The van der Waals surface area contributed by atoms with Gasteiger partial charge in [-0.3, -0.25) is 0 Å². The highest BCUT2D eigenvalue weighted by Crippen LogP contribution is 2.32. The Hall–Kier alpha value is -0.510. The van der Waals surface area contributed by atoms with E-state index in [0.29, 0.717) is 10.2 Å². The van der Waals surface area contributed by atoms with Crippen molar-refractivity contribution in [2.75, 3.05) is 31.1 Å². The standard InChI is InChI=1S/C11H13Cl2N3/c12-10-1-9(4-15-11(10)13)16-5-7-2-14-3-8(7)6-16/h1,4,7-8,14H,2-3,5-6H2/t7-,8+. The second kappa shape index (κ2) is 4.06. The molecule has 2 aliphatic heterocycles. The molecule has 1 N–H and O–H groups in total.